The number of nitrogens with zero attached hydrogens (tertiary/aromatic N) is 3. The van der Waals surface area contributed by atoms with Crippen molar-refractivity contribution in [3.63, 3.8) is 0 Å². The fourth-order valence-corrected chi connectivity index (χ4v) is 3.65. The first-order valence-corrected chi connectivity index (χ1v) is 10.9. The van der Waals surface area contributed by atoms with Crippen molar-refractivity contribution in [2.45, 2.75) is 26.8 Å². The molecule has 1 amide bonds. The number of nitrogens with one attached hydrogen (secondary N) is 1. The van der Waals surface area contributed by atoms with Crippen molar-refractivity contribution in [2.75, 3.05) is 45.2 Å². The van der Waals surface area contributed by atoms with Crippen LogP contribution in [0.1, 0.15) is 46.5 Å². The van der Waals surface area contributed by atoms with Crippen molar-refractivity contribution in [1.82, 2.24) is 14.8 Å². The van der Waals surface area contributed by atoms with E-state index in [1.165, 1.54) is 7.11 Å². The van der Waals surface area contributed by atoms with Gasteiger partial charge in [0.25, 0.3) is 5.91 Å². The van der Waals surface area contributed by atoms with Gasteiger partial charge in [-0.3, -0.25) is 9.69 Å². The number of piperazine rings is 1. The van der Waals surface area contributed by atoms with Crippen LogP contribution in [-0.2, 0) is 11.3 Å². The summed E-state index contributed by atoms with van der Waals surface area (Å²) < 4.78 is 4.80. The van der Waals surface area contributed by atoms with E-state index in [1.54, 1.807) is 12.3 Å². The summed E-state index contributed by atoms with van der Waals surface area (Å²) in [5.74, 6) is 0.950. The Labute approximate surface area is 184 Å². The fraction of sp³-hybridized carbons (Fsp3) is 0.458. The van der Waals surface area contributed by atoms with Crippen molar-refractivity contribution in [3.8, 4) is 0 Å². The zero-order chi connectivity index (χ0) is 22.2. The highest BCUT2D eigenvalue weighted by Crippen LogP contribution is 2.17. The smallest absolute Gasteiger partial charge is 0.337 e. The van der Waals surface area contributed by atoms with Crippen LogP contribution in [0.5, 0.6) is 0 Å². The average molecular weight is 425 g/mol. The Morgan fingerprint density at radius 2 is 1.90 bits per heavy atom. The number of pyridine rings is 1. The molecule has 3 rings (SSSR count). The normalized spacial score (nSPS) is 14.5. The zero-order valence-electron chi connectivity index (χ0n) is 18.6. The van der Waals surface area contributed by atoms with Crippen molar-refractivity contribution in [2.24, 2.45) is 5.92 Å². The number of esters is 1. The van der Waals surface area contributed by atoms with Crippen LogP contribution in [0, 0.1) is 5.92 Å². The van der Waals surface area contributed by atoms with Gasteiger partial charge in [-0.25, -0.2) is 9.78 Å². The summed E-state index contributed by atoms with van der Waals surface area (Å²) in [6.07, 6.45) is 2.74. The van der Waals surface area contributed by atoms with Gasteiger partial charge in [-0.2, -0.15) is 0 Å². The highest BCUT2D eigenvalue weighted by Gasteiger charge is 2.24. The number of hydrogen-bond acceptors (Lipinski definition) is 6. The predicted molar refractivity (Wildman–Crippen MR) is 121 cm³/mol. The third-order valence-electron chi connectivity index (χ3n) is 5.47. The van der Waals surface area contributed by atoms with Gasteiger partial charge in [0, 0.05) is 45.5 Å². The Hall–Kier alpha value is -2.93. The lowest BCUT2D eigenvalue weighted by molar-refractivity contribution is 0.0595. The molecule has 166 valence electrons. The Morgan fingerprint density at radius 3 is 2.61 bits per heavy atom. The molecule has 1 N–H and O–H groups in total. The van der Waals surface area contributed by atoms with E-state index in [9.17, 15) is 9.59 Å². The minimum absolute atomic E-state index is 0.0208. The van der Waals surface area contributed by atoms with Crippen LogP contribution in [0.25, 0.3) is 0 Å². The topological polar surface area (TPSA) is 74.8 Å². The molecule has 0 saturated carbocycles. The summed E-state index contributed by atoms with van der Waals surface area (Å²) in [4.78, 5) is 33.4. The molecule has 7 heteroatoms. The van der Waals surface area contributed by atoms with E-state index in [4.69, 9.17) is 4.74 Å². The second-order valence-electron chi connectivity index (χ2n) is 8.27. The molecule has 1 aliphatic rings. The molecule has 1 saturated heterocycles. The molecule has 0 bridgehead atoms. The summed E-state index contributed by atoms with van der Waals surface area (Å²) in [5, 5.41) is 3.32. The molecular formula is C24H32N4O3. The maximum Gasteiger partial charge on any atom is 0.337 e. The highest BCUT2D eigenvalue weighted by atomic mass is 16.5. The fourth-order valence-electron chi connectivity index (χ4n) is 3.65. The van der Waals surface area contributed by atoms with Crippen LogP contribution < -0.4 is 5.32 Å². The molecule has 31 heavy (non-hydrogen) atoms. The van der Waals surface area contributed by atoms with Crippen LogP contribution in [0.4, 0.5) is 5.82 Å². The Kier molecular flexibility index (Phi) is 8.00. The second kappa shape index (κ2) is 10.9. The number of ether oxygens (including phenoxy) is 1. The summed E-state index contributed by atoms with van der Waals surface area (Å²) in [7, 11) is 1.39. The van der Waals surface area contributed by atoms with Crippen molar-refractivity contribution >= 4 is 17.7 Å². The summed E-state index contributed by atoms with van der Waals surface area (Å²) in [6, 6.07) is 11.2. The number of amides is 1. The van der Waals surface area contributed by atoms with Crippen LogP contribution in [0.2, 0.25) is 0 Å². The minimum atomic E-state index is -0.327. The molecule has 7 nitrogen and oxygen atoms in total. The molecular weight excluding hydrogens is 392 g/mol. The number of carbonyl (C=O) groups is 2. The lowest BCUT2D eigenvalue weighted by Crippen LogP contribution is -2.48. The Balaban J connectivity index is 1.56. The number of benzene rings is 1. The van der Waals surface area contributed by atoms with E-state index in [0.717, 1.165) is 38.2 Å². The van der Waals surface area contributed by atoms with Gasteiger partial charge in [0.2, 0.25) is 0 Å². The molecule has 1 aromatic carbocycles. The van der Waals surface area contributed by atoms with Gasteiger partial charge < -0.3 is 15.0 Å². The molecule has 0 unspecified atom stereocenters. The third-order valence-corrected chi connectivity index (χ3v) is 5.47. The molecule has 2 heterocycles. The van der Waals surface area contributed by atoms with Crippen molar-refractivity contribution < 1.29 is 14.3 Å². The summed E-state index contributed by atoms with van der Waals surface area (Å²) in [5.41, 5.74) is 2.25. The number of methoxy groups -OCH3 is 1. The van der Waals surface area contributed by atoms with Gasteiger partial charge in [-0.05, 0) is 42.2 Å². The maximum atomic E-state index is 13.1. The summed E-state index contributed by atoms with van der Waals surface area (Å²) in [6.45, 7) is 8.78. The molecule has 0 radical (unpaired) electrons. The molecule has 0 aliphatic carbocycles. The van der Waals surface area contributed by atoms with Crippen molar-refractivity contribution in [1.29, 1.82) is 0 Å². The monoisotopic (exact) mass is 424 g/mol. The minimum Gasteiger partial charge on any atom is -0.465 e. The standard InChI is InChI=1S/C24H32N4O3/c1-18(2)9-11-26-22-21(8-5-10-25-22)23(29)28-14-12-27(13-15-28)17-19-6-4-7-20(16-19)24(30)31-3/h4-8,10,16,18H,9,11-15,17H2,1-3H3,(H,25,26). The lowest BCUT2D eigenvalue weighted by atomic mass is 10.1. The first-order chi connectivity index (χ1) is 15.0. The van der Waals surface area contributed by atoms with Gasteiger partial charge in [0.05, 0.1) is 18.2 Å². The molecule has 0 atom stereocenters. The zero-order valence-corrected chi connectivity index (χ0v) is 18.6. The van der Waals surface area contributed by atoms with E-state index >= 15 is 0 Å². The summed E-state index contributed by atoms with van der Waals surface area (Å²) >= 11 is 0. The SMILES string of the molecule is COC(=O)c1cccc(CN2CCN(C(=O)c3cccnc3NCCC(C)C)CC2)c1. The lowest BCUT2D eigenvalue weighted by Gasteiger charge is -2.35. The van der Waals surface area contributed by atoms with Gasteiger partial charge in [0.1, 0.15) is 5.82 Å². The molecule has 2 aromatic rings. The van der Waals surface area contributed by atoms with Crippen LogP contribution in [-0.4, -0.2) is 66.5 Å². The number of hydrogen-bond donors (Lipinski definition) is 1. The van der Waals surface area contributed by atoms with Crippen LogP contribution in [0.15, 0.2) is 42.6 Å². The molecule has 0 spiro atoms. The van der Waals surface area contributed by atoms with E-state index < -0.39 is 0 Å². The second-order valence-corrected chi connectivity index (χ2v) is 8.27. The molecule has 1 aliphatic heterocycles. The van der Waals surface area contributed by atoms with Gasteiger partial charge >= 0.3 is 5.97 Å². The number of rotatable bonds is 8. The largest absolute Gasteiger partial charge is 0.465 e. The first kappa shape index (κ1) is 22.7. The van der Waals surface area contributed by atoms with Gasteiger partial charge in [-0.15, -0.1) is 0 Å². The maximum absolute atomic E-state index is 13.1. The molecule has 1 aromatic heterocycles. The number of carbonyl (C=O) groups excluding carboxylic acids is 2. The van der Waals surface area contributed by atoms with Crippen LogP contribution >= 0.6 is 0 Å². The first-order valence-electron chi connectivity index (χ1n) is 10.9. The third kappa shape index (κ3) is 6.28. The van der Waals surface area contributed by atoms with E-state index in [-0.39, 0.29) is 11.9 Å². The van der Waals surface area contributed by atoms with Crippen molar-refractivity contribution in [3.05, 3.63) is 59.3 Å². The Morgan fingerprint density at radius 1 is 1.13 bits per heavy atom. The van der Waals surface area contributed by atoms with E-state index in [0.29, 0.717) is 36.0 Å². The van der Waals surface area contributed by atoms with Crippen LogP contribution in [0.3, 0.4) is 0 Å². The molecule has 1 fully saturated rings. The quantitative estimate of drug-likeness (QED) is 0.656. The van der Waals surface area contributed by atoms with E-state index in [1.807, 2.05) is 35.2 Å². The average Bonchev–Trinajstić information content (AvgIpc) is 2.79. The van der Waals surface area contributed by atoms with Gasteiger partial charge in [-0.1, -0.05) is 26.0 Å². The number of anilines is 1. The van der Waals surface area contributed by atoms with E-state index in [2.05, 4.69) is 29.0 Å². The number of aromatic nitrogens is 1. The predicted octanol–water partition coefficient (Wildman–Crippen LogP) is 3.28. The Bertz CT molecular complexity index is 892. The van der Waals surface area contributed by atoms with Gasteiger partial charge in [0.15, 0.2) is 0 Å². The highest BCUT2D eigenvalue weighted by molar-refractivity contribution is 5.98.